The number of Topliss-reactive ketones (excluding diaryl/α,β-unsaturated/α-hetero) is 1. The predicted octanol–water partition coefficient (Wildman–Crippen LogP) is 5.44. The Labute approximate surface area is 183 Å². The molecule has 3 rings (SSSR count). The maximum atomic E-state index is 13.2. The summed E-state index contributed by atoms with van der Waals surface area (Å²) in [6, 6.07) is 18.4. The summed E-state index contributed by atoms with van der Waals surface area (Å²) in [6.45, 7) is 0. The van der Waals surface area contributed by atoms with Crippen molar-refractivity contribution in [3.05, 3.63) is 105 Å². The van der Waals surface area contributed by atoms with E-state index in [0.717, 1.165) is 4.47 Å². The minimum Gasteiger partial charge on any atom is -0.496 e. The number of ketones is 1. The number of carbonyl (C=O) groups is 1. The molecule has 0 aliphatic carbocycles. The highest BCUT2D eigenvalue weighted by atomic mass is 79.9. The van der Waals surface area contributed by atoms with E-state index in [9.17, 15) is 17.6 Å². The number of hydrogen-bond donors (Lipinski definition) is 0. The lowest BCUT2D eigenvalue weighted by molar-refractivity contribution is 0.104. The molecule has 0 aliphatic rings. The third-order valence-electron chi connectivity index (χ3n) is 4.36. The largest absolute Gasteiger partial charge is 0.496 e. The Hall–Kier alpha value is -2.77. The first-order valence-corrected chi connectivity index (χ1v) is 11.4. The van der Waals surface area contributed by atoms with Gasteiger partial charge in [0.15, 0.2) is 9.84 Å². The summed E-state index contributed by atoms with van der Waals surface area (Å²) in [7, 11) is -2.58. The highest BCUT2D eigenvalue weighted by Crippen LogP contribution is 2.27. The molecule has 30 heavy (non-hydrogen) atoms. The van der Waals surface area contributed by atoms with Gasteiger partial charge in [-0.15, -0.1) is 0 Å². The van der Waals surface area contributed by atoms with E-state index >= 15 is 0 Å². The van der Waals surface area contributed by atoms with Crippen LogP contribution in [0.15, 0.2) is 82.2 Å². The molecule has 0 atom stereocenters. The monoisotopic (exact) mass is 488 g/mol. The first-order chi connectivity index (χ1) is 14.3. The van der Waals surface area contributed by atoms with Crippen molar-refractivity contribution in [3.63, 3.8) is 0 Å². The van der Waals surface area contributed by atoms with Gasteiger partial charge in [-0.25, -0.2) is 12.8 Å². The molecule has 0 heterocycles. The van der Waals surface area contributed by atoms with E-state index in [0.29, 0.717) is 16.9 Å². The summed E-state index contributed by atoms with van der Waals surface area (Å²) in [5, 5.41) is 0. The molecule has 7 heteroatoms. The van der Waals surface area contributed by atoms with Crippen LogP contribution in [0.25, 0.3) is 6.08 Å². The van der Waals surface area contributed by atoms with Gasteiger partial charge in [-0.1, -0.05) is 46.3 Å². The van der Waals surface area contributed by atoms with Crippen molar-refractivity contribution < 1.29 is 22.3 Å². The smallest absolute Gasteiger partial charge is 0.204 e. The van der Waals surface area contributed by atoms with Crippen molar-refractivity contribution in [1.82, 2.24) is 0 Å². The van der Waals surface area contributed by atoms with Gasteiger partial charge >= 0.3 is 0 Å². The van der Waals surface area contributed by atoms with Crippen LogP contribution in [-0.4, -0.2) is 21.3 Å². The topological polar surface area (TPSA) is 60.4 Å². The van der Waals surface area contributed by atoms with Crippen LogP contribution in [0.3, 0.4) is 0 Å². The molecule has 3 aromatic carbocycles. The SMILES string of the molecule is COc1ccccc1/C=C(\C(=O)c1ccc(Br)cc1)S(=O)(=O)Cc1ccc(F)cc1. The molecule has 0 saturated carbocycles. The Balaban J connectivity index is 2.10. The zero-order chi connectivity index (χ0) is 21.7. The Morgan fingerprint density at radius 2 is 1.63 bits per heavy atom. The predicted molar refractivity (Wildman–Crippen MR) is 118 cm³/mol. The summed E-state index contributed by atoms with van der Waals surface area (Å²) < 4.78 is 45.7. The van der Waals surface area contributed by atoms with Crippen LogP contribution in [0.1, 0.15) is 21.5 Å². The average molecular weight is 489 g/mol. The number of hydrogen-bond acceptors (Lipinski definition) is 4. The molecule has 0 bridgehead atoms. The van der Waals surface area contributed by atoms with Crippen molar-refractivity contribution in [2.24, 2.45) is 0 Å². The molecule has 154 valence electrons. The molecule has 0 N–H and O–H groups in total. The number of allylic oxidation sites excluding steroid dienone is 1. The molecule has 0 aliphatic heterocycles. The van der Waals surface area contributed by atoms with Gasteiger partial charge in [-0.3, -0.25) is 4.79 Å². The highest BCUT2D eigenvalue weighted by Gasteiger charge is 2.27. The number of para-hydroxylation sites is 1. The normalized spacial score (nSPS) is 11.9. The van der Waals surface area contributed by atoms with E-state index in [1.165, 1.54) is 37.5 Å². The number of benzene rings is 3. The molecule has 0 unspecified atom stereocenters. The van der Waals surface area contributed by atoms with Crippen molar-refractivity contribution >= 4 is 37.6 Å². The van der Waals surface area contributed by atoms with Crippen molar-refractivity contribution in [2.45, 2.75) is 5.75 Å². The van der Waals surface area contributed by atoms with Crippen LogP contribution in [-0.2, 0) is 15.6 Å². The summed E-state index contributed by atoms with van der Waals surface area (Å²) in [5.74, 6) is -1.09. The molecule has 0 saturated heterocycles. The third kappa shape index (κ3) is 5.23. The van der Waals surface area contributed by atoms with E-state index in [-0.39, 0.29) is 10.5 Å². The van der Waals surface area contributed by atoms with Crippen molar-refractivity contribution in [3.8, 4) is 5.75 Å². The maximum Gasteiger partial charge on any atom is 0.204 e. The Morgan fingerprint density at radius 1 is 1.00 bits per heavy atom. The number of carbonyl (C=O) groups excluding carboxylic acids is 1. The summed E-state index contributed by atoms with van der Waals surface area (Å²) >= 11 is 3.30. The van der Waals surface area contributed by atoms with Gasteiger partial charge in [0.1, 0.15) is 16.5 Å². The fourth-order valence-corrected chi connectivity index (χ4v) is 4.60. The molecule has 4 nitrogen and oxygen atoms in total. The van der Waals surface area contributed by atoms with E-state index in [4.69, 9.17) is 4.74 Å². The molecule has 0 fully saturated rings. The molecule has 0 radical (unpaired) electrons. The van der Waals surface area contributed by atoms with E-state index in [1.54, 1.807) is 48.5 Å². The van der Waals surface area contributed by atoms with Gasteiger partial charge in [0.05, 0.1) is 12.9 Å². The molecule has 3 aromatic rings. The van der Waals surface area contributed by atoms with Gasteiger partial charge in [0, 0.05) is 15.6 Å². The third-order valence-corrected chi connectivity index (χ3v) is 6.58. The van der Waals surface area contributed by atoms with E-state index in [1.807, 2.05) is 0 Å². The fraction of sp³-hybridized carbons (Fsp3) is 0.0870. The second kappa shape index (κ2) is 9.36. The molecule has 0 spiro atoms. The first-order valence-electron chi connectivity index (χ1n) is 8.92. The van der Waals surface area contributed by atoms with Gasteiger partial charge in [-0.2, -0.15) is 0 Å². The maximum absolute atomic E-state index is 13.2. The molecular formula is C23H18BrFO4S. The summed E-state index contributed by atoms with van der Waals surface area (Å²) in [6.07, 6.45) is 1.32. The van der Waals surface area contributed by atoms with Crippen LogP contribution in [0.4, 0.5) is 4.39 Å². The zero-order valence-corrected chi connectivity index (χ0v) is 18.4. The highest BCUT2D eigenvalue weighted by molar-refractivity contribution is 9.10. The number of ether oxygens (including phenoxy) is 1. The standard InChI is InChI=1S/C23H18BrFO4S/c1-29-21-5-3-2-4-18(21)14-22(23(26)17-8-10-19(24)11-9-17)30(27,28)15-16-6-12-20(25)13-7-16/h2-14H,15H2,1H3/b22-14+. The minimum atomic E-state index is -4.05. The molecule has 0 aromatic heterocycles. The number of rotatable bonds is 7. The summed E-state index contributed by atoms with van der Waals surface area (Å²) in [5.41, 5.74) is 1.08. The van der Waals surface area contributed by atoms with Gasteiger partial charge in [-0.05, 0) is 54.1 Å². The van der Waals surface area contributed by atoms with Crippen LogP contribution in [0.2, 0.25) is 0 Å². The lowest BCUT2D eigenvalue weighted by Gasteiger charge is -2.11. The lowest BCUT2D eigenvalue weighted by atomic mass is 10.1. The Morgan fingerprint density at radius 3 is 2.27 bits per heavy atom. The first kappa shape index (κ1) is 21.9. The van der Waals surface area contributed by atoms with Crippen molar-refractivity contribution in [1.29, 1.82) is 0 Å². The Bertz CT molecular complexity index is 1180. The minimum absolute atomic E-state index is 0.238. The number of halogens is 2. The quantitative estimate of drug-likeness (QED) is 0.328. The van der Waals surface area contributed by atoms with Crippen LogP contribution >= 0.6 is 15.9 Å². The van der Waals surface area contributed by atoms with Crippen molar-refractivity contribution in [2.75, 3.05) is 7.11 Å². The van der Waals surface area contributed by atoms with E-state index in [2.05, 4.69) is 15.9 Å². The Kier molecular flexibility index (Phi) is 6.84. The summed E-state index contributed by atoms with van der Waals surface area (Å²) in [4.78, 5) is 12.8. The lowest BCUT2D eigenvalue weighted by Crippen LogP contribution is -2.16. The molecular weight excluding hydrogens is 471 g/mol. The molecule has 0 amide bonds. The fourth-order valence-electron chi connectivity index (χ4n) is 2.84. The van der Waals surface area contributed by atoms with Gasteiger partial charge in [0.2, 0.25) is 5.78 Å². The van der Waals surface area contributed by atoms with E-state index < -0.39 is 27.2 Å². The van der Waals surface area contributed by atoms with Crippen LogP contribution in [0, 0.1) is 5.82 Å². The van der Waals surface area contributed by atoms with Gasteiger partial charge < -0.3 is 4.74 Å². The van der Waals surface area contributed by atoms with Crippen LogP contribution < -0.4 is 4.74 Å². The second-order valence-corrected chi connectivity index (χ2v) is 9.35. The second-order valence-electron chi connectivity index (χ2n) is 6.47. The number of sulfone groups is 1. The zero-order valence-electron chi connectivity index (χ0n) is 16.0. The van der Waals surface area contributed by atoms with Crippen LogP contribution in [0.5, 0.6) is 5.75 Å². The van der Waals surface area contributed by atoms with Gasteiger partial charge in [0.25, 0.3) is 0 Å². The average Bonchev–Trinajstić information content (AvgIpc) is 2.73. The number of methoxy groups -OCH3 is 1.